The van der Waals surface area contributed by atoms with Gasteiger partial charge in [0.15, 0.2) is 0 Å². The highest BCUT2D eigenvalue weighted by atomic mass is 32.1. The molecule has 0 aliphatic heterocycles. The van der Waals surface area contributed by atoms with E-state index in [-0.39, 0.29) is 11.5 Å². The predicted octanol–water partition coefficient (Wildman–Crippen LogP) is 1.95. The molecule has 1 rings (SSSR count). The Bertz CT molecular complexity index is 405. The predicted molar refractivity (Wildman–Crippen MR) is 64.2 cm³/mol. The quantitative estimate of drug-likeness (QED) is 0.597. The molecule has 1 aromatic rings. The van der Waals surface area contributed by atoms with Crippen molar-refractivity contribution in [3.63, 3.8) is 0 Å². The number of carbonyl (C=O) groups is 1. The van der Waals surface area contributed by atoms with E-state index in [4.69, 9.17) is 5.11 Å². The third-order valence-corrected chi connectivity index (χ3v) is 3.13. The fourth-order valence-electron chi connectivity index (χ4n) is 1.49. The normalized spacial score (nSPS) is 10.7. The molecular formula is C10H14N2O4S. The minimum absolute atomic E-state index is 0.0421. The summed E-state index contributed by atoms with van der Waals surface area (Å²) in [6, 6.07) is 3.12. The zero-order valence-corrected chi connectivity index (χ0v) is 10.3. The van der Waals surface area contributed by atoms with E-state index in [0.29, 0.717) is 13.1 Å². The molecule has 6 nitrogen and oxygen atoms in total. The van der Waals surface area contributed by atoms with Crippen LogP contribution in [-0.2, 0) is 11.3 Å². The Morgan fingerprint density at radius 2 is 2.29 bits per heavy atom. The van der Waals surface area contributed by atoms with Crippen molar-refractivity contribution < 1.29 is 14.8 Å². The van der Waals surface area contributed by atoms with Crippen LogP contribution < -0.4 is 0 Å². The first-order chi connectivity index (χ1) is 8.02. The molecule has 0 saturated carbocycles. The molecule has 17 heavy (non-hydrogen) atoms. The van der Waals surface area contributed by atoms with Crippen molar-refractivity contribution in [2.75, 3.05) is 13.1 Å². The van der Waals surface area contributed by atoms with Gasteiger partial charge in [0.05, 0.1) is 11.5 Å². The van der Waals surface area contributed by atoms with Crippen LogP contribution in [0.3, 0.4) is 0 Å². The average molecular weight is 258 g/mol. The summed E-state index contributed by atoms with van der Waals surface area (Å²) >= 11 is 1.09. The summed E-state index contributed by atoms with van der Waals surface area (Å²) in [7, 11) is 0. The molecular weight excluding hydrogens is 244 g/mol. The Morgan fingerprint density at radius 1 is 1.59 bits per heavy atom. The molecule has 1 N–H and O–H groups in total. The van der Waals surface area contributed by atoms with E-state index in [1.54, 1.807) is 11.0 Å². The van der Waals surface area contributed by atoms with Gasteiger partial charge in [-0.05, 0) is 19.0 Å². The van der Waals surface area contributed by atoms with Gasteiger partial charge in [-0.15, -0.1) is 0 Å². The van der Waals surface area contributed by atoms with Crippen molar-refractivity contribution in [1.82, 2.24) is 4.90 Å². The zero-order chi connectivity index (χ0) is 12.8. The summed E-state index contributed by atoms with van der Waals surface area (Å²) in [6.07, 6.45) is 0.848. The fourth-order valence-corrected chi connectivity index (χ4v) is 2.35. The van der Waals surface area contributed by atoms with Crippen molar-refractivity contribution in [3.8, 4) is 0 Å². The van der Waals surface area contributed by atoms with Crippen LogP contribution in [0.4, 0.5) is 5.00 Å². The molecule has 0 saturated heterocycles. The maximum absolute atomic E-state index is 10.6. The maximum Gasteiger partial charge on any atom is 0.324 e. The van der Waals surface area contributed by atoms with E-state index in [9.17, 15) is 14.9 Å². The smallest absolute Gasteiger partial charge is 0.324 e. The van der Waals surface area contributed by atoms with Gasteiger partial charge in [0.1, 0.15) is 0 Å². The fraction of sp³-hybridized carbons (Fsp3) is 0.500. The second-order valence-corrected chi connectivity index (χ2v) is 4.75. The lowest BCUT2D eigenvalue weighted by atomic mass is 10.3. The topological polar surface area (TPSA) is 83.7 Å². The lowest BCUT2D eigenvalue weighted by Crippen LogP contribution is -2.29. The molecule has 0 atom stereocenters. The zero-order valence-electron chi connectivity index (χ0n) is 9.46. The van der Waals surface area contributed by atoms with E-state index in [1.165, 1.54) is 6.07 Å². The van der Waals surface area contributed by atoms with Crippen LogP contribution in [-0.4, -0.2) is 34.0 Å². The Kier molecular flexibility index (Phi) is 5.05. The summed E-state index contributed by atoms with van der Waals surface area (Å²) in [5, 5.41) is 19.3. The van der Waals surface area contributed by atoms with Crippen molar-refractivity contribution in [3.05, 3.63) is 27.1 Å². The monoisotopic (exact) mass is 258 g/mol. The first kappa shape index (κ1) is 13.6. The van der Waals surface area contributed by atoms with Crippen LogP contribution in [0.5, 0.6) is 0 Å². The van der Waals surface area contributed by atoms with Gasteiger partial charge < -0.3 is 5.11 Å². The summed E-state index contributed by atoms with van der Waals surface area (Å²) in [5.41, 5.74) is 0. The Hall–Kier alpha value is -1.47. The van der Waals surface area contributed by atoms with Crippen molar-refractivity contribution >= 4 is 22.3 Å². The van der Waals surface area contributed by atoms with Crippen molar-refractivity contribution in [2.45, 2.75) is 19.9 Å². The minimum atomic E-state index is -0.885. The van der Waals surface area contributed by atoms with Gasteiger partial charge >= 0.3 is 11.0 Å². The lowest BCUT2D eigenvalue weighted by Gasteiger charge is -2.17. The van der Waals surface area contributed by atoms with Crippen molar-refractivity contribution in [1.29, 1.82) is 0 Å². The molecule has 0 fully saturated rings. The summed E-state index contributed by atoms with van der Waals surface area (Å²) in [6.45, 7) is 3.03. The van der Waals surface area contributed by atoms with Crippen LogP contribution in [0.1, 0.15) is 18.2 Å². The molecule has 0 amide bonds. The van der Waals surface area contributed by atoms with E-state index >= 15 is 0 Å². The number of thiophene rings is 1. The van der Waals surface area contributed by atoms with Crippen LogP contribution >= 0.6 is 11.3 Å². The van der Waals surface area contributed by atoms with E-state index in [2.05, 4.69) is 0 Å². The van der Waals surface area contributed by atoms with E-state index in [1.807, 2.05) is 6.92 Å². The van der Waals surface area contributed by atoms with Crippen LogP contribution in [0.2, 0.25) is 0 Å². The van der Waals surface area contributed by atoms with Crippen LogP contribution in [0.25, 0.3) is 0 Å². The van der Waals surface area contributed by atoms with Crippen molar-refractivity contribution in [2.24, 2.45) is 0 Å². The molecule has 1 aromatic heterocycles. The Labute approximate surface area is 103 Å². The van der Waals surface area contributed by atoms with Crippen LogP contribution in [0.15, 0.2) is 12.1 Å². The number of nitrogens with zero attached hydrogens (tertiary/aromatic N) is 2. The highest BCUT2D eigenvalue weighted by Crippen LogP contribution is 2.24. The molecule has 0 aromatic carbocycles. The summed E-state index contributed by atoms with van der Waals surface area (Å²) < 4.78 is 0. The second-order valence-electron chi connectivity index (χ2n) is 3.60. The number of nitro groups is 1. The molecule has 0 aliphatic carbocycles. The Balaban J connectivity index is 2.64. The molecule has 1 heterocycles. The molecule has 0 bridgehead atoms. The number of hydrogen-bond donors (Lipinski definition) is 1. The van der Waals surface area contributed by atoms with Gasteiger partial charge in [-0.3, -0.25) is 19.8 Å². The largest absolute Gasteiger partial charge is 0.480 e. The SMILES string of the molecule is CCCN(CC(=O)O)Cc1ccc([N+](=O)[O-])s1. The van der Waals surface area contributed by atoms with Gasteiger partial charge in [0, 0.05) is 17.5 Å². The van der Waals surface area contributed by atoms with E-state index in [0.717, 1.165) is 22.6 Å². The average Bonchev–Trinajstić information content (AvgIpc) is 2.65. The Morgan fingerprint density at radius 3 is 2.76 bits per heavy atom. The molecule has 7 heteroatoms. The number of hydrogen-bond acceptors (Lipinski definition) is 5. The highest BCUT2D eigenvalue weighted by molar-refractivity contribution is 7.15. The number of carboxylic acid groups (broad SMARTS) is 1. The highest BCUT2D eigenvalue weighted by Gasteiger charge is 2.14. The molecule has 0 spiro atoms. The van der Waals surface area contributed by atoms with Crippen LogP contribution in [0, 0.1) is 10.1 Å². The van der Waals surface area contributed by atoms with E-state index < -0.39 is 10.9 Å². The number of carboxylic acids is 1. The molecule has 0 radical (unpaired) electrons. The van der Waals surface area contributed by atoms with Gasteiger partial charge in [0.2, 0.25) is 0 Å². The maximum atomic E-state index is 10.6. The summed E-state index contributed by atoms with van der Waals surface area (Å²) in [5.74, 6) is -0.885. The summed E-state index contributed by atoms with van der Waals surface area (Å²) in [4.78, 5) is 23.3. The second kappa shape index (κ2) is 6.31. The third kappa shape index (κ3) is 4.49. The van der Waals surface area contributed by atoms with Gasteiger partial charge in [-0.25, -0.2) is 0 Å². The standard InChI is InChI=1S/C10H14N2O4S/c1-2-5-11(7-10(13)14)6-8-3-4-9(17-8)12(15)16/h3-4H,2,5-7H2,1H3,(H,13,14). The van der Waals surface area contributed by atoms with Gasteiger partial charge in [0.25, 0.3) is 0 Å². The molecule has 0 aliphatic rings. The first-order valence-electron chi connectivity index (χ1n) is 5.20. The van der Waals surface area contributed by atoms with Gasteiger partial charge in [-0.2, -0.15) is 0 Å². The lowest BCUT2D eigenvalue weighted by molar-refractivity contribution is -0.380. The molecule has 0 unspecified atom stereocenters. The first-order valence-corrected chi connectivity index (χ1v) is 6.01. The number of rotatable bonds is 7. The minimum Gasteiger partial charge on any atom is -0.480 e. The third-order valence-electron chi connectivity index (χ3n) is 2.11. The van der Waals surface area contributed by atoms with Gasteiger partial charge in [-0.1, -0.05) is 18.3 Å². The molecule has 94 valence electrons. The number of aliphatic carboxylic acids is 1.